The SMILES string of the molecule is Cc1ccc(N(C)C(=O)Cn2ncc3c(c2=O)CCCC3)cc1. The molecule has 0 bridgehead atoms. The first-order valence-electron chi connectivity index (χ1n) is 7.97. The first-order valence-corrected chi connectivity index (χ1v) is 7.97. The number of rotatable bonds is 3. The van der Waals surface area contributed by atoms with E-state index in [0.29, 0.717) is 0 Å². The summed E-state index contributed by atoms with van der Waals surface area (Å²) in [6.45, 7) is 1.97. The number of fused-ring (bicyclic) bond motifs is 1. The molecule has 0 atom stereocenters. The number of hydrogen-bond acceptors (Lipinski definition) is 3. The van der Waals surface area contributed by atoms with Gasteiger partial charge in [0.05, 0.1) is 6.20 Å². The van der Waals surface area contributed by atoms with Crippen molar-refractivity contribution in [1.82, 2.24) is 9.78 Å². The Labute approximate surface area is 135 Å². The molecule has 0 aliphatic heterocycles. The fourth-order valence-electron chi connectivity index (χ4n) is 2.92. The Bertz CT molecular complexity index is 778. The van der Waals surface area contributed by atoms with Crippen molar-refractivity contribution in [3.8, 4) is 0 Å². The Balaban J connectivity index is 1.80. The van der Waals surface area contributed by atoms with E-state index in [2.05, 4.69) is 5.10 Å². The predicted molar refractivity (Wildman–Crippen MR) is 89.7 cm³/mol. The number of aryl methyl sites for hydroxylation is 2. The Morgan fingerprint density at radius 2 is 1.91 bits per heavy atom. The molecule has 120 valence electrons. The summed E-state index contributed by atoms with van der Waals surface area (Å²) in [6, 6.07) is 7.72. The molecular weight excluding hydrogens is 290 g/mol. The quantitative estimate of drug-likeness (QED) is 0.872. The normalized spacial score (nSPS) is 13.5. The predicted octanol–water partition coefficient (Wildman–Crippen LogP) is 2.09. The molecule has 0 fully saturated rings. The van der Waals surface area contributed by atoms with Crippen molar-refractivity contribution in [3.63, 3.8) is 0 Å². The smallest absolute Gasteiger partial charge is 0.270 e. The van der Waals surface area contributed by atoms with Crippen molar-refractivity contribution in [1.29, 1.82) is 0 Å². The maximum absolute atomic E-state index is 12.5. The average Bonchev–Trinajstić information content (AvgIpc) is 2.57. The van der Waals surface area contributed by atoms with Crippen LogP contribution in [0.4, 0.5) is 5.69 Å². The van der Waals surface area contributed by atoms with E-state index >= 15 is 0 Å². The fraction of sp³-hybridized carbons (Fsp3) is 0.389. The molecule has 1 aliphatic rings. The highest BCUT2D eigenvalue weighted by Crippen LogP contribution is 2.17. The van der Waals surface area contributed by atoms with Crippen LogP contribution in [0.2, 0.25) is 0 Å². The number of likely N-dealkylation sites (N-methyl/N-ethyl adjacent to an activating group) is 1. The number of benzene rings is 1. The molecule has 1 heterocycles. The van der Waals surface area contributed by atoms with Gasteiger partial charge in [-0.2, -0.15) is 5.10 Å². The van der Waals surface area contributed by atoms with Gasteiger partial charge >= 0.3 is 0 Å². The molecule has 23 heavy (non-hydrogen) atoms. The zero-order chi connectivity index (χ0) is 16.4. The highest BCUT2D eigenvalue weighted by molar-refractivity contribution is 5.92. The second kappa shape index (κ2) is 6.36. The number of carbonyl (C=O) groups is 1. The Kier molecular flexibility index (Phi) is 4.28. The third-order valence-corrected chi connectivity index (χ3v) is 4.44. The minimum atomic E-state index is -0.154. The van der Waals surface area contributed by atoms with Crippen molar-refractivity contribution < 1.29 is 4.79 Å². The first-order chi connectivity index (χ1) is 11.1. The third-order valence-electron chi connectivity index (χ3n) is 4.44. The lowest BCUT2D eigenvalue weighted by Gasteiger charge is -2.19. The molecule has 5 nitrogen and oxygen atoms in total. The molecule has 3 rings (SSSR count). The van der Waals surface area contributed by atoms with E-state index in [1.807, 2.05) is 31.2 Å². The van der Waals surface area contributed by atoms with Crippen molar-refractivity contribution in [2.45, 2.75) is 39.2 Å². The molecule has 2 aromatic rings. The van der Waals surface area contributed by atoms with Crippen LogP contribution in [0, 0.1) is 6.92 Å². The van der Waals surface area contributed by atoms with E-state index in [9.17, 15) is 9.59 Å². The van der Waals surface area contributed by atoms with E-state index in [0.717, 1.165) is 48.1 Å². The average molecular weight is 311 g/mol. The van der Waals surface area contributed by atoms with Crippen LogP contribution in [-0.4, -0.2) is 22.7 Å². The van der Waals surface area contributed by atoms with Gasteiger partial charge in [-0.25, -0.2) is 4.68 Å². The molecule has 1 amide bonds. The van der Waals surface area contributed by atoms with E-state index in [1.54, 1.807) is 18.1 Å². The molecule has 0 unspecified atom stereocenters. The van der Waals surface area contributed by atoms with Crippen LogP contribution < -0.4 is 10.5 Å². The van der Waals surface area contributed by atoms with Crippen LogP contribution in [0.25, 0.3) is 0 Å². The van der Waals surface area contributed by atoms with Crippen LogP contribution in [-0.2, 0) is 24.2 Å². The fourth-order valence-corrected chi connectivity index (χ4v) is 2.92. The zero-order valence-electron chi connectivity index (χ0n) is 13.6. The van der Waals surface area contributed by atoms with Crippen molar-refractivity contribution in [2.75, 3.05) is 11.9 Å². The van der Waals surface area contributed by atoms with Gasteiger partial charge in [0.25, 0.3) is 5.56 Å². The van der Waals surface area contributed by atoms with Gasteiger partial charge in [-0.1, -0.05) is 17.7 Å². The Hall–Kier alpha value is -2.43. The standard InChI is InChI=1S/C18H21N3O2/c1-13-7-9-15(10-8-13)20(2)17(22)12-21-18(23)16-6-4-3-5-14(16)11-19-21/h7-11H,3-6,12H2,1-2H3. The molecule has 0 N–H and O–H groups in total. The summed E-state index contributed by atoms with van der Waals surface area (Å²) in [4.78, 5) is 26.5. The zero-order valence-corrected chi connectivity index (χ0v) is 13.6. The number of hydrogen-bond donors (Lipinski definition) is 0. The molecule has 0 saturated carbocycles. The minimum absolute atomic E-state index is 0.0313. The molecule has 1 aromatic carbocycles. The maximum Gasteiger partial charge on any atom is 0.270 e. The van der Waals surface area contributed by atoms with Gasteiger partial charge in [0.2, 0.25) is 5.91 Å². The second-order valence-corrected chi connectivity index (χ2v) is 6.11. The summed E-state index contributed by atoms with van der Waals surface area (Å²) < 4.78 is 1.29. The second-order valence-electron chi connectivity index (χ2n) is 6.11. The monoisotopic (exact) mass is 311 g/mol. The van der Waals surface area contributed by atoms with Gasteiger partial charge < -0.3 is 4.90 Å². The van der Waals surface area contributed by atoms with Crippen LogP contribution in [0.5, 0.6) is 0 Å². The molecular formula is C18H21N3O2. The third kappa shape index (κ3) is 3.18. The molecule has 1 aliphatic carbocycles. The molecule has 1 aromatic heterocycles. The lowest BCUT2D eigenvalue weighted by atomic mass is 9.94. The number of nitrogens with zero attached hydrogens (tertiary/aromatic N) is 3. The van der Waals surface area contributed by atoms with E-state index in [4.69, 9.17) is 0 Å². The van der Waals surface area contributed by atoms with E-state index in [1.165, 1.54) is 4.68 Å². The number of aromatic nitrogens is 2. The van der Waals surface area contributed by atoms with Gasteiger partial charge in [-0.05, 0) is 50.3 Å². The summed E-state index contributed by atoms with van der Waals surface area (Å²) in [5.41, 5.74) is 3.70. The lowest BCUT2D eigenvalue weighted by molar-refractivity contribution is -0.119. The summed E-state index contributed by atoms with van der Waals surface area (Å²) in [7, 11) is 1.72. The highest BCUT2D eigenvalue weighted by atomic mass is 16.2. The molecule has 0 radical (unpaired) electrons. The minimum Gasteiger partial charge on any atom is -0.314 e. The summed E-state index contributed by atoms with van der Waals surface area (Å²) in [5, 5.41) is 4.18. The van der Waals surface area contributed by atoms with Gasteiger partial charge in [0, 0.05) is 18.3 Å². The largest absolute Gasteiger partial charge is 0.314 e. The Morgan fingerprint density at radius 3 is 2.65 bits per heavy atom. The van der Waals surface area contributed by atoms with Crippen LogP contribution in [0.1, 0.15) is 29.5 Å². The molecule has 5 heteroatoms. The van der Waals surface area contributed by atoms with Crippen LogP contribution in [0.15, 0.2) is 35.3 Å². The lowest BCUT2D eigenvalue weighted by Crippen LogP contribution is -2.37. The topological polar surface area (TPSA) is 55.2 Å². The van der Waals surface area contributed by atoms with Crippen molar-refractivity contribution in [2.24, 2.45) is 0 Å². The first kappa shape index (κ1) is 15.5. The van der Waals surface area contributed by atoms with Crippen LogP contribution >= 0.6 is 0 Å². The van der Waals surface area contributed by atoms with Crippen molar-refractivity contribution in [3.05, 3.63) is 57.5 Å². The van der Waals surface area contributed by atoms with Gasteiger partial charge in [-0.15, -0.1) is 0 Å². The highest BCUT2D eigenvalue weighted by Gasteiger charge is 2.18. The van der Waals surface area contributed by atoms with Gasteiger partial charge in [-0.3, -0.25) is 9.59 Å². The Morgan fingerprint density at radius 1 is 1.22 bits per heavy atom. The van der Waals surface area contributed by atoms with E-state index < -0.39 is 0 Å². The number of anilines is 1. The summed E-state index contributed by atoms with van der Waals surface area (Å²) >= 11 is 0. The van der Waals surface area contributed by atoms with Gasteiger partial charge in [0.15, 0.2) is 0 Å². The van der Waals surface area contributed by atoms with Crippen molar-refractivity contribution >= 4 is 11.6 Å². The summed E-state index contributed by atoms with van der Waals surface area (Å²) in [5.74, 6) is -0.154. The molecule has 0 saturated heterocycles. The molecule has 0 spiro atoms. The van der Waals surface area contributed by atoms with Gasteiger partial charge in [0.1, 0.15) is 6.54 Å². The maximum atomic E-state index is 12.5. The number of amides is 1. The van der Waals surface area contributed by atoms with E-state index in [-0.39, 0.29) is 18.0 Å². The number of carbonyl (C=O) groups excluding carboxylic acids is 1. The van der Waals surface area contributed by atoms with Crippen LogP contribution in [0.3, 0.4) is 0 Å². The summed E-state index contributed by atoms with van der Waals surface area (Å²) in [6.07, 6.45) is 5.58.